The molecule has 0 aliphatic heterocycles. The van der Waals surface area contributed by atoms with Crippen LogP contribution in [-0.4, -0.2) is 22.0 Å². The van der Waals surface area contributed by atoms with Gasteiger partial charge in [-0.05, 0) is 25.5 Å². The van der Waals surface area contributed by atoms with E-state index in [1.54, 1.807) is 6.26 Å². The molecule has 0 amide bonds. The van der Waals surface area contributed by atoms with E-state index in [1.807, 2.05) is 32.0 Å². The highest BCUT2D eigenvalue weighted by Crippen LogP contribution is 2.11. The molecule has 0 saturated carbocycles. The number of hydrogen-bond donors (Lipinski definition) is 0. The van der Waals surface area contributed by atoms with Crippen LogP contribution >= 0.6 is 0 Å². The molecule has 76 valence electrons. The molecule has 1 rings (SSSR count). The summed E-state index contributed by atoms with van der Waals surface area (Å²) in [7, 11) is -1.06. The summed E-state index contributed by atoms with van der Waals surface area (Å²) in [6.07, 6.45) is 1.54. The van der Waals surface area contributed by atoms with E-state index in [0.29, 0.717) is 5.56 Å². The summed E-state index contributed by atoms with van der Waals surface area (Å²) < 4.78 is 10.9. The van der Waals surface area contributed by atoms with Crippen molar-refractivity contribution in [1.82, 2.24) is 0 Å². The van der Waals surface area contributed by atoms with Crippen molar-refractivity contribution < 1.29 is 9.00 Å². The first-order valence-corrected chi connectivity index (χ1v) is 6.14. The second-order valence-electron chi connectivity index (χ2n) is 3.46. The molecule has 2 nitrogen and oxygen atoms in total. The number of hydrogen-bond acceptors (Lipinski definition) is 2. The van der Waals surface area contributed by atoms with Gasteiger partial charge in [0.25, 0.3) is 0 Å². The summed E-state index contributed by atoms with van der Waals surface area (Å²) in [5.41, 5.74) is 2.70. The van der Waals surface area contributed by atoms with Gasteiger partial charge in [0.2, 0.25) is 0 Å². The molecule has 1 unspecified atom stereocenters. The second-order valence-corrected chi connectivity index (χ2v) is 4.89. The Balaban J connectivity index is 3.00. The van der Waals surface area contributed by atoms with Gasteiger partial charge in [-0.1, -0.05) is 17.7 Å². The van der Waals surface area contributed by atoms with Crippen LogP contribution < -0.4 is 0 Å². The lowest BCUT2D eigenvalue weighted by atomic mass is 10.0. The van der Waals surface area contributed by atoms with Crippen LogP contribution in [0.15, 0.2) is 18.2 Å². The number of rotatable bonds is 3. The Morgan fingerprint density at radius 3 is 2.57 bits per heavy atom. The number of Topliss-reactive ketones (excluding diaryl/α,β-unsaturated/α-hetero) is 1. The summed E-state index contributed by atoms with van der Waals surface area (Å²) in [6.45, 7) is 3.84. The van der Waals surface area contributed by atoms with Crippen LogP contribution in [0.4, 0.5) is 0 Å². The van der Waals surface area contributed by atoms with Crippen LogP contribution in [0.3, 0.4) is 0 Å². The molecule has 3 heteroatoms. The van der Waals surface area contributed by atoms with Crippen LogP contribution in [0.25, 0.3) is 0 Å². The van der Waals surface area contributed by atoms with Gasteiger partial charge in [-0.3, -0.25) is 9.00 Å². The quantitative estimate of drug-likeness (QED) is 0.714. The molecule has 0 fully saturated rings. The number of ketones is 1. The molecule has 0 radical (unpaired) electrons. The molecule has 1 atom stereocenters. The smallest absolute Gasteiger partial charge is 0.175 e. The predicted molar refractivity (Wildman–Crippen MR) is 59.2 cm³/mol. The summed E-state index contributed by atoms with van der Waals surface area (Å²) >= 11 is 0. The Kier molecular flexibility index (Phi) is 3.58. The lowest BCUT2D eigenvalue weighted by Crippen LogP contribution is -2.11. The number of carbonyl (C=O) groups is 1. The monoisotopic (exact) mass is 210 g/mol. The number of aryl methyl sites for hydroxylation is 2. The largest absolute Gasteiger partial charge is 0.293 e. The molecule has 0 heterocycles. The SMILES string of the molecule is Cc1ccc(C)c(C(=O)CS(C)=O)c1. The van der Waals surface area contributed by atoms with Crippen LogP contribution in [0, 0.1) is 13.8 Å². The van der Waals surface area contributed by atoms with Crippen molar-refractivity contribution in [2.45, 2.75) is 13.8 Å². The molecule has 1 aromatic rings. The molecule has 0 N–H and O–H groups in total. The maximum Gasteiger partial charge on any atom is 0.175 e. The molecule has 0 aromatic heterocycles. The topological polar surface area (TPSA) is 34.1 Å². The lowest BCUT2D eigenvalue weighted by Gasteiger charge is -2.04. The van der Waals surface area contributed by atoms with E-state index in [9.17, 15) is 9.00 Å². The van der Waals surface area contributed by atoms with Crippen molar-refractivity contribution in [2.24, 2.45) is 0 Å². The number of carbonyl (C=O) groups excluding carboxylic acids is 1. The Bertz CT molecular complexity index is 383. The predicted octanol–water partition coefficient (Wildman–Crippen LogP) is 1.86. The van der Waals surface area contributed by atoms with Gasteiger partial charge in [0.1, 0.15) is 0 Å². The molecular formula is C11H14O2S. The van der Waals surface area contributed by atoms with Crippen molar-refractivity contribution in [2.75, 3.05) is 12.0 Å². The third-order valence-electron chi connectivity index (χ3n) is 2.03. The summed E-state index contributed by atoms with van der Waals surface area (Å²) in [4.78, 5) is 11.6. The maximum absolute atomic E-state index is 11.6. The zero-order valence-electron chi connectivity index (χ0n) is 8.66. The Morgan fingerprint density at radius 1 is 1.36 bits per heavy atom. The van der Waals surface area contributed by atoms with Crippen molar-refractivity contribution in [1.29, 1.82) is 0 Å². The molecule has 1 aromatic carbocycles. The molecule has 0 aliphatic carbocycles. The van der Waals surface area contributed by atoms with Crippen LogP contribution in [0.2, 0.25) is 0 Å². The van der Waals surface area contributed by atoms with E-state index in [0.717, 1.165) is 11.1 Å². The Labute approximate surface area is 86.8 Å². The molecule has 0 spiro atoms. The second kappa shape index (κ2) is 4.51. The Hall–Kier alpha value is -0.960. The van der Waals surface area contributed by atoms with Gasteiger partial charge in [0, 0.05) is 22.6 Å². The van der Waals surface area contributed by atoms with Crippen molar-refractivity contribution >= 4 is 16.6 Å². The summed E-state index contributed by atoms with van der Waals surface area (Å²) in [5.74, 6) is 0.0802. The van der Waals surface area contributed by atoms with E-state index < -0.39 is 10.8 Å². The zero-order chi connectivity index (χ0) is 10.7. The highest BCUT2D eigenvalue weighted by molar-refractivity contribution is 7.85. The van der Waals surface area contributed by atoms with E-state index in [2.05, 4.69) is 0 Å². The third-order valence-corrected chi connectivity index (χ3v) is 2.70. The van der Waals surface area contributed by atoms with Gasteiger partial charge < -0.3 is 0 Å². The first-order chi connectivity index (χ1) is 6.50. The fourth-order valence-electron chi connectivity index (χ4n) is 1.30. The first-order valence-electron chi connectivity index (χ1n) is 4.41. The maximum atomic E-state index is 11.6. The lowest BCUT2D eigenvalue weighted by molar-refractivity contribution is 0.102. The standard InChI is InChI=1S/C11H14O2S/c1-8-4-5-9(2)10(6-8)11(12)7-14(3)13/h4-6H,7H2,1-3H3. The fraction of sp³-hybridized carbons (Fsp3) is 0.364. The van der Waals surface area contributed by atoms with Gasteiger partial charge in [-0.15, -0.1) is 0 Å². The van der Waals surface area contributed by atoms with Gasteiger partial charge in [0.05, 0.1) is 5.75 Å². The van der Waals surface area contributed by atoms with Gasteiger partial charge in [-0.2, -0.15) is 0 Å². The molecule has 0 saturated heterocycles. The van der Waals surface area contributed by atoms with Crippen LogP contribution in [0.5, 0.6) is 0 Å². The van der Waals surface area contributed by atoms with Crippen molar-refractivity contribution in [3.05, 3.63) is 34.9 Å². The van der Waals surface area contributed by atoms with E-state index >= 15 is 0 Å². The highest BCUT2D eigenvalue weighted by atomic mass is 32.2. The molecule has 0 aliphatic rings. The average Bonchev–Trinajstić information content (AvgIpc) is 2.08. The van der Waals surface area contributed by atoms with Gasteiger partial charge in [0.15, 0.2) is 5.78 Å². The highest BCUT2D eigenvalue weighted by Gasteiger charge is 2.10. The van der Waals surface area contributed by atoms with E-state index in [1.165, 1.54) is 0 Å². The molecule has 0 bridgehead atoms. The van der Waals surface area contributed by atoms with Crippen LogP contribution in [-0.2, 0) is 10.8 Å². The molecular weight excluding hydrogens is 196 g/mol. The summed E-state index contributed by atoms with van der Waals surface area (Å²) in [5, 5.41) is 0. The third kappa shape index (κ3) is 2.77. The summed E-state index contributed by atoms with van der Waals surface area (Å²) in [6, 6.07) is 5.74. The average molecular weight is 210 g/mol. The number of benzene rings is 1. The van der Waals surface area contributed by atoms with E-state index in [-0.39, 0.29) is 11.5 Å². The zero-order valence-corrected chi connectivity index (χ0v) is 9.48. The minimum Gasteiger partial charge on any atom is -0.293 e. The fourth-order valence-corrected chi connectivity index (χ4v) is 1.82. The van der Waals surface area contributed by atoms with Crippen molar-refractivity contribution in [3.8, 4) is 0 Å². The first kappa shape index (κ1) is 11.1. The van der Waals surface area contributed by atoms with Crippen molar-refractivity contribution in [3.63, 3.8) is 0 Å². The van der Waals surface area contributed by atoms with Gasteiger partial charge in [-0.25, -0.2) is 0 Å². The molecule has 14 heavy (non-hydrogen) atoms. The van der Waals surface area contributed by atoms with E-state index in [4.69, 9.17) is 0 Å². The Morgan fingerprint density at radius 2 is 2.00 bits per heavy atom. The normalized spacial score (nSPS) is 12.5. The van der Waals surface area contributed by atoms with Crippen LogP contribution in [0.1, 0.15) is 21.5 Å². The van der Waals surface area contributed by atoms with Gasteiger partial charge >= 0.3 is 0 Å². The minimum absolute atomic E-state index is 0.0352. The minimum atomic E-state index is -1.06.